The minimum absolute atomic E-state index is 0.187. The van der Waals surface area contributed by atoms with Crippen molar-refractivity contribution in [1.29, 1.82) is 0 Å². The van der Waals surface area contributed by atoms with Gasteiger partial charge in [-0.1, -0.05) is 12.1 Å². The predicted molar refractivity (Wildman–Crippen MR) is 71.9 cm³/mol. The largest absolute Gasteiger partial charge is 0.426 e. The predicted octanol–water partition coefficient (Wildman–Crippen LogP) is 2.54. The van der Waals surface area contributed by atoms with Crippen LogP contribution >= 0.6 is 0 Å². The summed E-state index contributed by atoms with van der Waals surface area (Å²) < 4.78 is 10.6. The van der Waals surface area contributed by atoms with Crippen molar-refractivity contribution in [2.45, 2.75) is 25.7 Å². The lowest BCUT2D eigenvalue weighted by Gasteiger charge is -2.22. The van der Waals surface area contributed by atoms with Gasteiger partial charge >= 0.3 is 11.9 Å². The molecule has 100 valence electrons. The van der Waals surface area contributed by atoms with E-state index in [4.69, 9.17) is 9.47 Å². The number of hydrogen-bond donors (Lipinski definition) is 0. The molecule has 0 fully saturated rings. The molecule has 0 amide bonds. The third-order valence-electron chi connectivity index (χ3n) is 3.92. The first-order valence-corrected chi connectivity index (χ1v) is 6.71. The van der Waals surface area contributed by atoms with Gasteiger partial charge in [0.1, 0.15) is 11.5 Å². The molecular weight excluding hydrogens is 256 g/mol. The fourth-order valence-corrected chi connectivity index (χ4v) is 3.02. The monoisotopic (exact) mass is 268 g/mol. The Morgan fingerprint density at radius 1 is 0.700 bits per heavy atom. The molecule has 0 saturated heterocycles. The Kier molecular flexibility index (Phi) is 2.33. The van der Waals surface area contributed by atoms with Gasteiger partial charge in [-0.15, -0.1) is 0 Å². The molecule has 0 aromatic heterocycles. The molecule has 4 heteroatoms. The van der Waals surface area contributed by atoms with Crippen molar-refractivity contribution in [2.75, 3.05) is 0 Å². The molecule has 0 radical (unpaired) electrons. The SMILES string of the molecule is O=C1CCc2c(ccc3ccc4c(c23)CCC(=O)O4)O1. The summed E-state index contributed by atoms with van der Waals surface area (Å²) >= 11 is 0. The number of ether oxygens (including phenoxy) is 2. The molecule has 2 aliphatic rings. The van der Waals surface area contributed by atoms with Gasteiger partial charge in [0, 0.05) is 11.1 Å². The molecule has 4 nitrogen and oxygen atoms in total. The summed E-state index contributed by atoms with van der Waals surface area (Å²) in [6.07, 6.45) is 2.15. The van der Waals surface area contributed by atoms with Crippen LogP contribution in [0, 0.1) is 0 Å². The highest BCUT2D eigenvalue weighted by Crippen LogP contribution is 2.39. The molecular formula is C16H12O4. The maximum absolute atomic E-state index is 11.4. The second-order valence-corrected chi connectivity index (χ2v) is 5.13. The number of benzene rings is 2. The second-order valence-electron chi connectivity index (χ2n) is 5.13. The van der Waals surface area contributed by atoms with Gasteiger partial charge in [-0.25, -0.2) is 0 Å². The second kappa shape index (κ2) is 4.07. The summed E-state index contributed by atoms with van der Waals surface area (Å²) in [6, 6.07) is 7.58. The van der Waals surface area contributed by atoms with E-state index in [9.17, 15) is 9.59 Å². The van der Waals surface area contributed by atoms with E-state index in [0.717, 1.165) is 21.9 Å². The van der Waals surface area contributed by atoms with Crippen molar-refractivity contribution in [3.8, 4) is 11.5 Å². The van der Waals surface area contributed by atoms with Crippen molar-refractivity contribution in [1.82, 2.24) is 0 Å². The molecule has 0 atom stereocenters. The van der Waals surface area contributed by atoms with E-state index in [1.165, 1.54) is 0 Å². The zero-order valence-corrected chi connectivity index (χ0v) is 10.8. The van der Waals surface area contributed by atoms with Crippen LogP contribution in [0.1, 0.15) is 24.0 Å². The van der Waals surface area contributed by atoms with Crippen LogP contribution in [0.15, 0.2) is 24.3 Å². The van der Waals surface area contributed by atoms with Crippen LogP contribution in [-0.2, 0) is 22.4 Å². The molecule has 0 saturated carbocycles. The van der Waals surface area contributed by atoms with Crippen LogP contribution < -0.4 is 9.47 Å². The lowest BCUT2D eigenvalue weighted by molar-refractivity contribution is -0.136. The average Bonchev–Trinajstić information content (AvgIpc) is 2.46. The first-order valence-electron chi connectivity index (χ1n) is 6.71. The Bertz CT molecular complexity index is 700. The van der Waals surface area contributed by atoms with Gasteiger partial charge in [-0.3, -0.25) is 9.59 Å². The van der Waals surface area contributed by atoms with E-state index < -0.39 is 0 Å². The summed E-state index contributed by atoms with van der Waals surface area (Å²) in [7, 11) is 0. The number of fused-ring (bicyclic) bond motifs is 5. The van der Waals surface area contributed by atoms with E-state index in [2.05, 4.69) is 0 Å². The highest BCUT2D eigenvalue weighted by atomic mass is 16.5. The van der Waals surface area contributed by atoms with E-state index in [-0.39, 0.29) is 11.9 Å². The van der Waals surface area contributed by atoms with Gasteiger partial charge < -0.3 is 9.47 Å². The van der Waals surface area contributed by atoms with Crippen molar-refractivity contribution in [3.63, 3.8) is 0 Å². The van der Waals surface area contributed by atoms with Crippen LogP contribution in [0.3, 0.4) is 0 Å². The van der Waals surface area contributed by atoms with Gasteiger partial charge in [0.05, 0.1) is 12.8 Å². The summed E-state index contributed by atoms with van der Waals surface area (Å²) in [5.74, 6) is 0.902. The zero-order chi connectivity index (χ0) is 13.7. The first-order chi connectivity index (χ1) is 9.72. The summed E-state index contributed by atoms with van der Waals surface area (Å²) in [6.45, 7) is 0. The first kappa shape index (κ1) is 11.5. The molecule has 2 aromatic carbocycles. The Morgan fingerprint density at radius 3 is 1.70 bits per heavy atom. The van der Waals surface area contributed by atoms with Crippen LogP contribution in [0.25, 0.3) is 10.8 Å². The average molecular weight is 268 g/mol. The highest BCUT2D eigenvalue weighted by Gasteiger charge is 2.25. The Morgan fingerprint density at radius 2 is 1.20 bits per heavy atom. The Balaban J connectivity index is 2.01. The van der Waals surface area contributed by atoms with E-state index >= 15 is 0 Å². The summed E-state index contributed by atoms with van der Waals surface area (Å²) in [4.78, 5) is 22.8. The number of carbonyl (C=O) groups is 2. The smallest absolute Gasteiger partial charge is 0.311 e. The van der Waals surface area contributed by atoms with Gasteiger partial charge in [0.25, 0.3) is 0 Å². The topological polar surface area (TPSA) is 52.6 Å². The highest BCUT2D eigenvalue weighted by molar-refractivity contribution is 5.96. The van der Waals surface area contributed by atoms with Crippen LogP contribution in [0.5, 0.6) is 11.5 Å². The molecule has 0 bridgehead atoms. The van der Waals surface area contributed by atoms with Crippen LogP contribution in [0.4, 0.5) is 0 Å². The molecule has 0 aliphatic carbocycles. The van der Waals surface area contributed by atoms with Crippen molar-refractivity contribution >= 4 is 22.7 Å². The summed E-state index contributed by atoms with van der Waals surface area (Å²) in [5.41, 5.74) is 2.11. The quantitative estimate of drug-likeness (QED) is 0.544. The van der Waals surface area contributed by atoms with Crippen molar-refractivity contribution in [2.24, 2.45) is 0 Å². The van der Waals surface area contributed by atoms with E-state index in [1.54, 1.807) is 0 Å². The third-order valence-corrected chi connectivity index (χ3v) is 3.92. The molecule has 0 spiro atoms. The van der Waals surface area contributed by atoms with Crippen molar-refractivity contribution < 1.29 is 19.1 Å². The van der Waals surface area contributed by atoms with Crippen molar-refractivity contribution in [3.05, 3.63) is 35.4 Å². The number of aryl methyl sites for hydroxylation is 2. The summed E-state index contributed by atoms with van der Waals surface area (Å²) in [5, 5.41) is 2.18. The van der Waals surface area contributed by atoms with E-state index in [0.29, 0.717) is 37.2 Å². The fraction of sp³-hybridized carbons (Fsp3) is 0.250. The van der Waals surface area contributed by atoms with E-state index in [1.807, 2.05) is 24.3 Å². The maximum atomic E-state index is 11.4. The molecule has 2 aliphatic heterocycles. The number of rotatable bonds is 0. The van der Waals surface area contributed by atoms with Gasteiger partial charge in [0.2, 0.25) is 0 Å². The normalized spacial score (nSPS) is 17.2. The molecule has 0 N–H and O–H groups in total. The Hall–Kier alpha value is -2.36. The fourth-order valence-electron chi connectivity index (χ4n) is 3.02. The van der Waals surface area contributed by atoms with Gasteiger partial charge in [-0.05, 0) is 35.7 Å². The lowest BCUT2D eigenvalue weighted by atomic mass is 9.91. The number of carbonyl (C=O) groups excluding carboxylic acids is 2. The molecule has 2 heterocycles. The lowest BCUT2D eigenvalue weighted by Crippen LogP contribution is -2.18. The minimum atomic E-state index is -0.187. The van der Waals surface area contributed by atoms with Crippen LogP contribution in [0.2, 0.25) is 0 Å². The molecule has 0 unspecified atom stereocenters. The zero-order valence-electron chi connectivity index (χ0n) is 10.8. The third kappa shape index (κ3) is 1.61. The molecule has 20 heavy (non-hydrogen) atoms. The number of hydrogen-bond acceptors (Lipinski definition) is 4. The minimum Gasteiger partial charge on any atom is -0.426 e. The Labute approximate surface area is 115 Å². The molecule has 2 aromatic rings. The van der Waals surface area contributed by atoms with Crippen LogP contribution in [-0.4, -0.2) is 11.9 Å². The molecule has 4 rings (SSSR count). The number of esters is 2. The van der Waals surface area contributed by atoms with Gasteiger partial charge in [0.15, 0.2) is 0 Å². The van der Waals surface area contributed by atoms with Gasteiger partial charge in [-0.2, -0.15) is 0 Å². The standard InChI is InChI=1S/C16H12O4/c17-14-7-3-10-12(19-14)5-1-9-2-6-13-11(16(9)10)4-8-15(18)20-13/h1-2,5-6H,3-4,7-8H2. The maximum Gasteiger partial charge on any atom is 0.311 e.